The van der Waals surface area contributed by atoms with Crippen LogP contribution in [0.3, 0.4) is 0 Å². The Labute approximate surface area is 141 Å². The molecular formula is C18H20N2O2S. The standard InChI is InChI=1S/C18H20N2O2S/c1-13-15(9-10-17(23)19-13)16-8-5-11-20(16)18(21)22-12-14-6-3-2-4-7-14/h2-4,6-7,9-10,16H,5,8,11-12H2,1H3,(H,19,23)/t16-/m0/s1. The molecule has 0 bridgehead atoms. The molecule has 5 heteroatoms. The lowest BCUT2D eigenvalue weighted by molar-refractivity contribution is 0.0919. The number of likely N-dealkylation sites (tertiary alicyclic amines) is 1. The second-order valence-electron chi connectivity index (χ2n) is 5.79. The predicted molar refractivity (Wildman–Crippen MR) is 91.7 cm³/mol. The Bertz CT molecular complexity index is 742. The summed E-state index contributed by atoms with van der Waals surface area (Å²) in [5.74, 6) is 0. The zero-order chi connectivity index (χ0) is 16.2. The van der Waals surface area contributed by atoms with Crippen LogP contribution in [0.25, 0.3) is 0 Å². The average molecular weight is 328 g/mol. The van der Waals surface area contributed by atoms with Crippen molar-refractivity contribution in [2.45, 2.75) is 32.4 Å². The highest BCUT2D eigenvalue weighted by molar-refractivity contribution is 7.71. The van der Waals surface area contributed by atoms with Crippen LogP contribution in [0.1, 0.15) is 35.7 Å². The molecule has 1 aliphatic heterocycles. The molecule has 1 N–H and O–H groups in total. The molecule has 0 radical (unpaired) electrons. The van der Waals surface area contributed by atoms with Gasteiger partial charge in [0.25, 0.3) is 0 Å². The van der Waals surface area contributed by atoms with Crippen LogP contribution in [0.2, 0.25) is 0 Å². The van der Waals surface area contributed by atoms with Crippen LogP contribution < -0.4 is 0 Å². The second-order valence-corrected chi connectivity index (χ2v) is 6.23. The molecule has 1 aromatic carbocycles. The third-order valence-corrected chi connectivity index (χ3v) is 4.45. The fourth-order valence-corrected chi connectivity index (χ4v) is 3.28. The van der Waals surface area contributed by atoms with Crippen molar-refractivity contribution < 1.29 is 9.53 Å². The molecule has 120 valence electrons. The monoisotopic (exact) mass is 328 g/mol. The summed E-state index contributed by atoms with van der Waals surface area (Å²) in [6.45, 7) is 3.03. The number of ether oxygens (including phenoxy) is 1. The molecule has 1 amide bonds. The van der Waals surface area contributed by atoms with E-state index in [1.54, 1.807) is 0 Å². The van der Waals surface area contributed by atoms with Gasteiger partial charge >= 0.3 is 6.09 Å². The van der Waals surface area contributed by atoms with E-state index in [1.807, 2.05) is 54.3 Å². The summed E-state index contributed by atoms with van der Waals surface area (Å²) in [5, 5.41) is 0. The van der Waals surface area contributed by atoms with Gasteiger partial charge in [-0.2, -0.15) is 0 Å². The Morgan fingerprint density at radius 2 is 2.09 bits per heavy atom. The maximum absolute atomic E-state index is 12.5. The Morgan fingerprint density at radius 3 is 2.83 bits per heavy atom. The molecule has 1 aromatic heterocycles. The van der Waals surface area contributed by atoms with Crippen molar-refractivity contribution in [3.63, 3.8) is 0 Å². The first-order valence-electron chi connectivity index (χ1n) is 7.82. The number of aromatic nitrogens is 1. The van der Waals surface area contributed by atoms with Gasteiger partial charge in [-0.3, -0.25) is 0 Å². The van der Waals surface area contributed by atoms with Crippen molar-refractivity contribution in [1.82, 2.24) is 9.88 Å². The Kier molecular flexibility index (Phi) is 4.76. The van der Waals surface area contributed by atoms with Gasteiger partial charge in [0, 0.05) is 12.2 Å². The van der Waals surface area contributed by atoms with Gasteiger partial charge in [-0.05, 0) is 37.0 Å². The lowest BCUT2D eigenvalue weighted by atomic mass is 10.0. The summed E-state index contributed by atoms with van der Waals surface area (Å²) in [4.78, 5) is 17.4. The van der Waals surface area contributed by atoms with Crippen molar-refractivity contribution in [3.8, 4) is 0 Å². The minimum atomic E-state index is -0.252. The van der Waals surface area contributed by atoms with Gasteiger partial charge in [-0.25, -0.2) is 4.79 Å². The number of hydrogen-bond acceptors (Lipinski definition) is 3. The van der Waals surface area contributed by atoms with Crippen LogP contribution >= 0.6 is 12.2 Å². The molecule has 0 aliphatic carbocycles. The van der Waals surface area contributed by atoms with Crippen LogP contribution in [-0.2, 0) is 11.3 Å². The minimum Gasteiger partial charge on any atom is -0.445 e. The molecule has 0 saturated carbocycles. The van der Waals surface area contributed by atoms with E-state index in [2.05, 4.69) is 4.98 Å². The first kappa shape index (κ1) is 15.7. The van der Waals surface area contributed by atoms with E-state index in [9.17, 15) is 4.79 Å². The predicted octanol–water partition coefficient (Wildman–Crippen LogP) is 4.53. The Morgan fingerprint density at radius 1 is 1.30 bits per heavy atom. The summed E-state index contributed by atoms with van der Waals surface area (Å²) in [5.41, 5.74) is 3.13. The number of nitrogens with zero attached hydrogens (tertiary/aromatic N) is 1. The lowest BCUT2D eigenvalue weighted by Gasteiger charge is -2.25. The molecule has 0 spiro atoms. The van der Waals surface area contributed by atoms with Gasteiger partial charge in [0.15, 0.2) is 0 Å². The number of hydrogen-bond donors (Lipinski definition) is 1. The highest BCUT2D eigenvalue weighted by Gasteiger charge is 2.32. The fourth-order valence-electron chi connectivity index (χ4n) is 3.06. The quantitative estimate of drug-likeness (QED) is 0.842. The first-order chi connectivity index (χ1) is 11.1. The summed E-state index contributed by atoms with van der Waals surface area (Å²) < 4.78 is 6.19. The summed E-state index contributed by atoms with van der Waals surface area (Å²) in [7, 11) is 0. The van der Waals surface area contributed by atoms with E-state index < -0.39 is 0 Å². The molecule has 1 saturated heterocycles. The number of carbonyl (C=O) groups excluding carboxylic acids is 1. The molecular weight excluding hydrogens is 308 g/mol. The molecule has 2 aromatic rings. The van der Waals surface area contributed by atoms with Gasteiger partial charge in [0.2, 0.25) is 0 Å². The third-order valence-electron chi connectivity index (χ3n) is 4.21. The van der Waals surface area contributed by atoms with E-state index in [0.29, 0.717) is 11.2 Å². The normalized spacial score (nSPS) is 17.3. The third kappa shape index (κ3) is 3.62. The SMILES string of the molecule is Cc1[nH]c(=S)ccc1[C@@H]1CCCN1C(=O)OCc1ccccc1. The minimum absolute atomic E-state index is 0.0603. The number of carbonyl (C=O) groups is 1. The van der Waals surface area contributed by atoms with Crippen molar-refractivity contribution in [3.05, 3.63) is 63.9 Å². The van der Waals surface area contributed by atoms with E-state index >= 15 is 0 Å². The van der Waals surface area contributed by atoms with Crippen molar-refractivity contribution in [2.24, 2.45) is 0 Å². The smallest absolute Gasteiger partial charge is 0.410 e. The van der Waals surface area contributed by atoms with Gasteiger partial charge in [0.05, 0.1) is 6.04 Å². The topological polar surface area (TPSA) is 45.3 Å². The van der Waals surface area contributed by atoms with Gasteiger partial charge in [-0.15, -0.1) is 0 Å². The number of amides is 1. The van der Waals surface area contributed by atoms with Crippen molar-refractivity contribution >= 4 is 18.3 Å². The second kappa shape index (κ2) is 6.96. The number of benzene rings is 1. The largest absolute Gasteiger partial charge is 0.445 e. The summed E-state index contributed by atoms with van der Waals surface area (Å²) in [6.07, 6.45) is 1.68. The Hall–Kier alpha value is -2.14. The van der Waals surface area contributed by atoms with Crippen molar-refractivity contribution in [1.29, 1.82) is 0 Å². The zero-order valence-electron chi connectivity index (χ0n) is 13.1. The van der Waals surface area contributed by atoms with Crippen LogP contribution in [0.5, 0.6) is 0 Å². The average Bonchev–Trinajstić information content (AvgIpc) is 3.03. The van der Waals surface area contributed by atoms with Gasteiger partial charge < -0.3 is 14.6 Å². The van der Waals surface area contributed by atoms with E-state index in [4.69, 9.17) is 17.0 Å². The number of aryl methyl sites for hydroxylation is 1. The molecule has 4 nitrogen and oxygen atoms in total. The van der Waals surface area contributed by atoms with Gasteiger partial charge in [0.1, 0.15) is 11.2 Å². The lowest BCUT2D eigenvalue weighted by Crippen LogP contribution is -2.31. The number of rotatable bonds is 3. The first-order valence-corrected chi connectivity index (χ1v) is 8.23. The number of pyridine rings is 1. The van der Waals surface area contributed by atoms with Crippen LogP contribution in [0, 0.1) is 11.6 Å². The van der Waals surface area contributed by atoms with E-state index in [1.165, 1.54) is 0 Å². The van der Waals surface area contributed by atoms with Crippen LogP contribution in [-0.4, -0.2) is 22.5 Å². The van der Waals surface area contributed by atoms with E-state index in [0.717, 1.165) is 36.2 Å². The summed E-state index contributed by atoms with van der Waals surface area (Å²) >= 11 is 5.15. The van der Waals surface area contributed by atoms with Crippen molar-refractivity contribution in [2.75, 3.05) is 6.54 Å². The molecule has 23 heavy (non-hydrogen) atoms. The number of nitrogens with one attached hydrogen (secondary N) is 1. The Balaban J connectivity index is 1.71. The maximum atomic E-state index is 12.5. The fraction of sp³-hybridized carbons (Fsp3) is 0.333. The van der Waals surface area contributed by atoms with Gasteiger partial charge in [-0.1, -0.05) is 48.6 Å². The van der Waals surface area contributed by atoms with Crippen LogP contribution in [0.15, 0.2) is 42.5 Å². The molecule has 3 rings (SSSR count). The molecule has 2 heterocycles. The molecule has 1 aliphatic rings. The number of aromatic amines is 1. The van der Waals surface area contributed by atoms with Crippen LogP contribution in [0.4, 0.5) is 4.79 Å². The highest BCUT2D eigenvalue weighted by Crippen LogP contribution is 2.33. The maximum Gasteiger partial charge on any atom is 0.410 e. The molecule has 0 unspecified atom stereocenters. The summed E-state index contributed by atoms with van der Waals surface area (Å²) in [6, 6.07) is 13.7. The molecule has 1 atom stereocenters. The highest BCUT2D eigenvalue weighted by atomic mass is 32.1. The molecule has 1 fully saturated rings. The zero-order valence-corrected chi connectivity index (χ0v) is 13.9. The van der Waals surface area contributed by atoms with E-state index in [-0.39, 0.29) is 12.1 Å². The number of H-pyrrole nitrogens is 1.